The number of hydrogen-bond acceptors (Lipinski definition) is 5. The molecule has 1 aliphatic heterocycles. The summed E-state index contributed by atoms with van der Waals surface area (Å²) in [5.74, 6) is 0.268. The number of benzene rings is 3. The number of nitrogens with zero attached hydrogens (tertiary/aromatic N) is 4. The molecular formula is C22H14BrN5O. The van der Waals surface area contributed by atoms with Crippen LogP contribution in [0.15, 0.2) is 98.3 Å². The highest BCUT2D eigenvalue weighted by Crippen LogP contribution is 2.20. The van der Waals surface area contributed by atoms with Gasteiger partial charge in [-0.05, 0) is 18.2 Å². The second-order valence-corrected chi connectivity index (χ2v) is 7.38. The third-order valence-electron chi connectivity index (χ3n) is 4.59. The molecule has 140 valence electrons. The molecule has 0 fully saturated rings. The number of hydrogen-bond donors (Lipinski definition) is 1. The minimum Gasteiger partial charge on any atom is -0.267 e. The number of rotatable bonds is 2. The molecule has 6 nitrogen and oxygen atoms in total. The van der Waals surface area contributed by atoms with Crippen molar-refractivity contribution in [3.8, 4) is 0 Å². The Morgan fingerprint density at radius 3 is 2.17 bits per heavy atom. The smallest absolute Gasteiger partial charge is 0.267 e. The maximum Gasteiger partial charge on any atom is 0.283 e. The highest BCUT2D eigenvalue weighted by molar-refractivity contribution is 9.10. The molecule has 0 atom stereocenters. The standard InChI is InChI=1S/C22H14BrN5O/c23-16-11-12-18-17(13-16)21(29)28-22(24-18)26-25-19(14-7-3-1-4-8-14)20(27-28)15-9-5-2-6-10-15/h1-13H,(H,24,26). The molecule has 1 aliphatic rings. The van der Waals surface area contributed by atoms with Gasteiger partial charge in [0.15, 0.2) is 0 Å². The first kappa shape index (κ1) is 17.5. The quantitative estimate of drug-likeness (QED) is 0.503. The number of nitrogens with one attached hydrogen (secondary N) is 1. The second kappa shape index (κ2) is 7.10. The van der Waals surface area contributed by atoms with Crippen LogP contribution in [-0.2, 0) is 0 Å². The largest absolute Gasteiger partial charge is 0.283 e. The molecule has 5 rings (SSSR count). The van der Waals surface area contributed by atoms with Crippen LogP contribution in [0.3, 0.4) is 0 Å². The normalized spacial score (nSPS) is 13.1. The molecule has 0 saturated carbocycles. The van der Waals surface area contributed by atoms with Gasteiger partial charge < -0.3 is 0 Å². The van der Waals surface area contributed by atoms with E-state index in [1.54, 1.807) is 12.1 Å². The van der Waals surface area contributed by atoms with Gasteiger partial charge in [-0.3, -0.25) is 4.79 Å². The van der Waals surface area contributed by atoms with Crippen molar-refractivity contribution in [3.05, 3.63) is 105 Å². The maximum absolute atomic E-state index is 13.2. The van der Waals surface area contributed by atoms with Crippen LogP contribution in [0.2, 0.25) is 0 Å². The van der Waals surface area contributed by atoms with Gasteiger partial charge in [-0.25, -0.2) is 10.4 Å². The number of fused-ring (bicyclic) bond motifs is 2. The summed E-state index contributed by atoms with van der Waals surface area (Å²) < 4.78 is 2.08. The van der Waals surface area contributed by atoms with Crippen molar-refractivity contribution in [1.82, 2.24) is 9.66 Å². The zero-order chi connectivity index (χ0) is 19.8. The average Bonchev–Trinajstić information content (AvgIpc) is 2.96. The molecule has 1 N–H and O–H groups in total. The molecular weight excluding hydrogens is 430 g/mol. The van der Waals surface area contributed by atoms with Gasteiger partial charge in [0.25, 0.3) is 5.56 Å². The van der Waals surface area contributed by atoms with E-state index in [0.29, 0.717) is 22.3 Å². The predicted molar refractivity (Wildman–Crippen MR) is 119 cm³/mol. The molecule has 0 bridgehead atoms. The van der Waals surface area contributed by atoms with Gasteiger partial charge in [-0.1, -0.05) is 76.6 Å². The molecule has 0 unspecified atom stereocenters. The SMILES string of the molecule is O=c1c2cc(Br)ccc2nc2n1N=C(c1ccccc1)C(c1ccccc1)=NN2. The van der Waals surface area contributed by atoms with Crippen LogP contribution in [0.25, 0.3) is 10.9 Å². The summed E-state index contributed by atoms with van der Waals surface area (Å²) >= 11 is 3.42. The first-order chi connectivity index (χ1) is 14.2. The minimum atomic E-state index is -0.267. The topological polar surface area (TPSA) is 71.6 Å². The molecule has 0 saturated heterocycles. The number of anilines is 1. The van der Waals surface area contributed by atoms with Gasteiger partial charge in [0.05, 0.1) is 10.9 Å². The number of hydrazone groups is 1. The zero-order valence-electron chi connectivity index (χ0n) is 15.1. The van der Waals surface area contributed by atoms with Crippen LogP contribution in [-0.4, -0.2) is 21.1 Å². The summed E-state index contributed by atoms with van der Waals surface area (Å²) in [6, 6.07) is 24.8. The molecule has 0 amide bonds. The molecule has 1 aromatic heterocycles. The van der Waals surface area contributed by atoms with Gasteiger partial charge in [0, 0.05) is 15.6 Å². The molecule has 0 radical (unpaired) electrons. The second-order valence-electron chi connectivity index (χ2n) is 6.47. The van der Waals surface area contributed by atoms with E-state index in [1.165, 1.54) is 4.68 Å². The lowest BCUT2D eigenvalue weighted by atomic mass is 10.00. The van der Waals surface area contributed by atoms with E-state index in [2.05, 4.69) is 31.4 Å². The van der Waals surface area contributed by atoms with Crippen molar-refractivity contribution in [1.29, 1.82) is 0 Å². The fourth-order valence-electron chi connectivity index (χ4n) is 3.21. The lowest BCUT2D eigenvalue weighted by Gasteiger charge is -2.09. The first-order valence-electron chi connectivity index (χ1n) is 8.97. The summed E-state index contributed by atoms with van der Waals surface area (Å²) in [6.07, 6.45) is 0. The van der Waals surface area contributed by atoms with Crippen molar-refractivity contribution < 1.29 is 0 Å². The summed E-state index contributed by atoms with van der Waals surface area (Å²) in [5, 5.41) is 9.73. The Morgan fingerprint density at radius 1 is 0.828 bits per heavy atom. The Morgan fingerprint density at radius 2 is 1.48 bits per heavy atom. The highest BCUT2D eigenvalue weighted by Gasteiger charge is 2.21. The molecule has 4 aromatic rings. The summed E-state index contributed by atoms with van der Waals surface area (Å²) in [6.45, 7) is 0. The monoisotopic (exact) mass is 443 g/mol. The molecule has 7 heteroatoms. The Balaban J connectivity index is 1.81. The van der Waals surface area contributed by atoms with Crippen LogP contribution in [0, 0.1) is 0 Å². The van der Waals surface area contributed by atoms with E-state index >= 15 is 0 Å². The van der Waals surface area contributed by atoms with E-state index in [4.69, 9.17) is 5.10 Å². The minimum absolute atomic E-state index is 0.267. The molecule has 29 heavy (non-hydrogen) atoms. The van der Waals surface area contributed by atoms with Crippen molar-refractivity contribution in [3.63, 3.8) is 0 Å². The van der Waals surface area contributed by atoms with E-state index in [-0.39, 0.29) is 11.5 Å². The lowest BCUT2D eigenvalue weighted by molar-refractivity contribution is 0.823. The van der Waals surface area contributed by atoms with Crippen LogP contribution < -0.4 is 11.0 Å². The Hall–Kier alpha value is -3.58. The summed E-state index contributed by atoms with van der Waals surface area (Å²) in [4.78, 5) is 17.8. The van der Waals surface area contributed by atoms with Crippen molar-refractivity contribution >= 4 is 44.2 Å². The lowest BCUT2D eigenvalue weighted by Crippen LogP contribution is -2.22. The maximum atomic E-state index is 13.2. The summed E-state index contributed by atoms with van der Waals surface area (Å²) in [7, 11) is 0. The van der Waals surface area contributed by atoms with Crippen LogP contribution in [0.4, 0.5) is 5.95 Å². The molecule has 3 aromatic carbocycles. The Labute approximate surface area is 174 Å². The third kappa shape index (κ3) is 3.15. The molecule has 0 aliphatic carbocycles. The van der Waals surface area contributed by atoms with Gasteiger partial charge in [-0.15, -0.1) is 0 Å². The number of aromatic nitrogens is 2. The Kier molecular flexibility index (Phi) is 4.29. The van der Waals surface area contributed by atoms with E-state index in [1.807, 2.05) is 66.7 Å². The van der Waals surface area contributed by atoms with Gasteiger partial charge in [0.2, 0.25) is 5.95 Å². The van der Waals surface area contributed by atoms with Gasteiger partial charge in [-0.2, -0.15) is 14.9 Å². The van der Waals surface area contributed by atoms with Crippen molar-refractivity contribution in [2.75, 3.05) is 5.43 Å². The van der Waals surface area contributed by atoms with Crippen molar-refractivity contribution in [2.45, 2.75) is 0 Å². The average molecular weight is 444 g/mol. The van der Waals surface area contributed by atoms with E-state index in [0.717, 1.165) is 15.6 Å². The van der Waals surface area contributed by atoms with Gasteiger partial charge >= 0.3 is 0 Å². The third-order valence-corrected chi connectivity index (χ3v) is 5.09. The fraction of sp³-hybridized carbons (Fsp3) is 0. The zero-order valence-corrected chi connectivity index (χ0v) is 16.7. The molecule has 0 spiro atoms. The molecule has 2 heterocycles. The van der Waals surface area contributed by atoms with Crippen molar-refractivity contribution in [2.24, 2.45) is 10.2 Å². The first-order valence-corrected chi connectivity index (χ1v) is 9.76. The van der Waals surface area contributed by atoms with E-state index in [9.17, 15) is 4.79 Å². The summed E-state index contributed by atoms with van der Waals surface area (Å²) in [5.41, 5.74) is 6.20. The van der Waals surface area contributed by atoms with Gasteiger partial charge in [0.1, 0.15) is 11.4 Å². The Bertz CT molecular complexity index is 1340. The number of halogens is 1. The predicted octanol–water partition coefficient (Wildman–Crippen LogP) is 4.24. The highest BCUT2D eigenvalue weighted by atomic mass is 79.9. The van der Waals surface area contributed by atoms with E-state index < -0.39 is 0 Å². The van der Waals surface area contributed by atoms with Crippen LogP contribution >= 0.6 is 15.9 Å². The van der Waals surface area contributed by atoms with Crippen LogP contribution in [0.1, 0.15) is 11.1 Å². The fourth-order valence-corrected chi connectivity index (χ4v) is 3.57. The van der Waals surface area contributed by atoms with Crippen LogP contribution in [0.5, 0.6) is 0 Å².